The Morgan fingerprint density at radius 2 is 1.27 bits per heavy atom. The molecule has 276 valence electrons. The van der Waals surface area contributed by atoms with Gasteiger partial charge in [0.25, 0.3) is 0 Å². The zero-order valence-corrected chi connectivity index (χ0v) is 37.2. The van der Waals surface area contributed by atoms with Gasteiger partial charge in [-0.05, 0) is 63.0 Å². The first kappa shape index (κ1) is 47.7. The Morgan fingerprint density at radius 1 is 0.784 bits per heavy atom. The van der Waals surface area contributed by atoms with Gasteiger partial charge in [0.15, 0.2) is 0 Å². The normalized spacial score (nSPS) is 11.4. The number of carbonyl (C=O) groups is 1. The number of esters is 1. The third kappa shape index (κ3) is 22.5. The van der Waals surface area contributed by atoms with Gasteiger partial charge in [0.2, 0.25) is 0 Å². The molecule has 0 N–H and O–H groups in total. The van der Waals surface area contributed by atoms with E-state index in [-0.39, 0.29) is 5.97 Å². The maximum atomic E-state index is 12.1. The van der Waals surface area contributed by atoms with Crippen molar-refractivity contribution in [2.45, 2.75) is 88.2 Å². The van der Waals surface area contributed by atoms with Gasteiger partial charge in [0.1, 0.15) is 16.6 Å². The molecular weight excluding hydrogens is 783 g/mol. The molecule has 3 aromatic rings. The highest BCUT2D eigenvalue weighted by molar-refractivity contribution is 8.47. The van der Waals surface area contributed by atoms with E-state index in [1.807, 2.05) is 76.4 Å². The average Bonchev–Trinajstić information content (AvgIpc) is 3.14. The van der Waals surface area contributed by atoms with Crippen molar-refractivity contribution in [1.29, 1.82) is 5.26 Å². The molecule has 0 aliphatic heterocycles. The van der Waals surface area contributed by atoms with Crippen LogP contribution in [0.5, 0.6) is 0 Å². The van der Waals surface area contributed by atoms with E-state index < -0.39 is 9.49 Å². The number of hydrogen-bond acceptors (Lipinski definition) is 11. The molecule has 1 unspecified atom stereocenters. The van der Waals surface area contributed by atoms with Crippen LogP contribution in [0.3, 0.4) is 0 Å². The highest BCUT2D eigenvalue weighted by Gasteiger charge is 2.32. The molecule has 0 saturated heterocycles. The van der Waals surface area contributed by atoms with E-state index >= 15 is 0 Å². The minimum absolute atomic E-state index is 0.163. The van der Waals surface area contributed by atoms with E-state index in [9.17, 15) is 4.79 Å². The van der Waals surface area contributed by atoms with Crippen molar-refractivity contribution in [1.82, 2.24) is 0 Å². The standard InChI is InChI=1S/C15H14S3.C14H26O2S3.C11H11NS2/c16-15(17-11-13-7-3-1-4-8-13)18-12-14-9-5-2-6-10-14;1-6-8-9-11(7-2)10-16-12(15)14(3,4)19-13(17)18-5;1-11(2,8-12)14-10(13)9-6-4-3-5-7-9/h1-10H,11-12H2;11H,6-10H2,1-5H3;3-7H,1-2H3. The first-order chi connectivity index (χ1) is 24.3. The molecule has 0 heterocycles. The van der Waals surface area contributed by atoms with E-state index in [1.165, 1.54) is 59.3 Å². The topological polar surface area (TPSA) is 50.1 Å². The Labute approximate surface area is 345 Å². The number of ether oxygens (including phenoxy) is 1. The van der Waals surface area contributed by atoms with E-state index in [0.29, 0.717) is 12.5 Å². The van der Waals surface area contributed by atoms with Gasteiger partial charge in [-0.2, -0.15) is 5.26 Å². The Kier molecular flexibility index (Phi) is 25.5. The van der Waals surface area contributed by atoms with Crippen LogP contribution in [0, 0.1) is 17.2 Å². The van der Waals surface area contributed by atoms with Crippen molar-refractivity contribution in [3.63, 3.8) is 0 Å². The lowest BCUT2D eigenvalue weighted by molar-refractivity contribution is -0.147. The number of hydrogen-bond donors (Lipinski definition) is 0. The van der Waals surface area contributed by atoms with Crippen molar-refractivity contribution in [3.05, 3.63) is 108 Å². The van der Waals surface area contributed by atoms with E-state index in [0.717, 1.165) is 41.2 Å². The Morgan fingerprint density at radius 3 is 1.71 bits per heavy atom. The Hall–Kier alpha value is -1.36. The van der Waals surface area contributed by atoms with Crippen LogP contribution >= 0.6 is 95.5 Å². The molecule has 3 nitrogen and oxygen atoms in total. The van der Waals surface area contributed by atoms with Crippen molar-refractivity contribution in [2.24, 2.45) is 5.92 Å². The maximum absolute atomic E-state index is 12.1. The van der Waals surface area contributed by atoms with Crippen LogP contribution in [-0.4, -0.2) is 39.6 Å². The Balaban J connectivity index is 0.000000387. The summed E-state index contributed by atoms with van der Waals surface area (Å²) in [6, 6.07) is 32.9. The molecule has 0 saturated carbocycles. The second-order valence-electron chi connectivity index (χ2n) is 12.3. The SMILES string of the molecule is CC(C)(C#N)SC(=S)c1ccccc1.CCCCC(CC)COC(=O)C(C)(C)SC(=S)SC.S=C(SCc1ccccc1)SCc1ccccc1. The van der Waals surface area contributed by atoms with Crippen molar-refractivity contribution in [3.8, 4) is 6.07 Å². The summed E-state index contributed by atoms with van der Waals surface area (Å²) in [7, 11) is 0. The molecule has 0 bridgehead atoms. The molecule has 0 aliphatic rings. The largest absolute Gasteiger partial charge is 0.464 e. The predicted octanol–water partition coefficient (Wildman–Crippen LogP) is 13.4. The molecule has 3 rings (SSSR count). The molecular formula is C40H51NO2S8. The highest BCUT2D eigenvalue weighted by Crippen LogP contribution is 2.32. The lowest BCUT2D eigenvalue weighted by atomic mass is 10.0. The molecule has 0 aromatic heterocycles. The number of nitriles is 1. The predicted molar refractivity (Wildman–Crippen MR) is 246 cm³/mol. The van der Waals surface area contributed by atoms with Crippen LogP contribution < -0.4 is 0 Å². The summed E-state index contributed by atoms with van der Waals surface area (Å²) < 4.78 is 7.00. The van der Waals surface area contributed by atoms with Gasteiger partial charge in [0, 0.05) is 11.5 Å². The van der Waals surface area contributed by atoms with Crippen molar-refractivity contribution >= 4 is 113 Å². The summed E-state index contributed by atoms with van der Waals surface area (Å²) in [6.45, 7) is 12.3. The molecule has 51 heavy (non-hydrogen) atoms. The zero-order valence-electron chi connectivity index (χ0n) is 30.7. The summed E-state index contributed by atoms with van der Waals surface area (Å²) in [5.41, 5.74) is 3.66. The lowest BCUT2D eigenvalue weighted by Gasteiger charge is -2.23. The molecule has 0 radical (unpaired) electrons. The zero-order chi connectivity index (χ0) is 38.1. The van der Waals surface area contributed by atoms with E-state index in [4.69, 9.17) is 46.7 Å². The van der Waals surface area contributed by atoms with E-state index in [2.05, 4.69) is 68.4 Å². The van der Waals surface area contributed by atoms with Crippen LogP contribution in [-0.2, 0) is 21.0 Å². The molecule has 1 atom stereocenters. The fraction of sp³-hybridized carbons (Fsp3) is 0.425. The monoisotopic (exact) mass is 833 g/mol. The quantitative estimate of drug-likeness (QED) is 0.115. The van der Waals surface area contributed by atoms with Gasteiger partial charge >= 0.3 is 5.97 Å². The van der Waals surface area contributed by atoms with Gasteiger partial charge in [0.05, 0.1) is 16.9 Å². The fourth-order valence-corrected chi connectivity index (χ4v) is 9.58. The summed E-state index contributed by atoms with van der Waals surface area (Å²) in [6.07, 6.45) is 6.51. The summed E-state index contributed by atoms with van der Waals surface area (Å²) in [4.78, 5) is 12.1. The second-order valence-corrected chi connectivity index (χ2v) is 21.3. The lowest BCUT2D eigenvalue weighted by Crippen LogP contribution is -2.32. The summed E-state index contributed by atoms with van der Waals surface area (Å²) in [5.74, 6) is 2.24. The second kappa shape index (κ2) is 27.3. The minimum atomic E-state index is -0.594. The van der Waals surface area contributed by atoms with Crippen LogP contribution in [0.4, 0.5) is 0 Å². The van der Waals surface area contributed by atoms with Gasteiger partial charge in [-0.15, -0.1) is 35.3 Å². The van der Waals surface area contributed by atoms with Crippen LogP contribution in [0.2, 0.25) is 0 Å². The number of unbranched alkanes of at least 4 members (excludes halogenated alkanes) is 1. The molecule has 3 aromatic carbocycles. The number of benzene rings is 3. The van der Waals surface area contributed by atoms with Crippen molar-refractivity contribution in [2.75, 3.05) is 12.9 Å². The summed E-state index contributed by atoms with van der Waals surface area (Å²) in [5, 5.41) is 8.86. The third-order valence-electron chi connectivity index (χ3n) is 7.02. The van der Waals surface area contributed by atoms with Gasteiger partial charge < -0.3 is 4.74 Å². The molecule has 11 heteroatoms. The number of carbonyl (C=O) groups excluding carboxylic acids is 1. The van der Waals surface area contributed by atoms with E-state index in [1.54, 1.807) is 23.5 Å². The molecule has 0 amide bonds. The smallest absolute Gasteiger partial charge is 0.322 e. The fourth-order valence-electron chi connectivity index (χ4n) is 3.92. The third-order valence-corrected chi connectivity index (χ3v) is 14.0. The number of thiocarbonyl (C=S) groups is 3. The highest BCUT2D eigenvalue weighted by atomic mass is 32.2. The average molecular weight is 834 g/mol. The van der Waals surface area contributed by atoms with Gasteiger partial charge in [-0.25, -0.2) is 0 Å². The number of nitrogens with zero attached hydrogens (tertiary/aromatic N) is 1. The van der Waals surface area contributed by atoms with Crippen molar-refractivity contribution < 1.29 is 9.53 Å². The van der Waals surface area contributed by atoms with Crippen LogP contribution in [0.1, 0.15) is 83.9 Å². The van der Waals surface area contributed by atoms with Crippen LogP contribution in [0.15, 0.2) is 91.0 Å². The van der Waals surface area contributed by atoms with Crippen LogP contribution in [0.25, 0.3) is 0 Å². The molecule has 0 fully saturated rings. The minimum Gasteiger partial charge on any atom is -0.464 e. The molecule has 0 aliphatic carbocycles. The van der Waals surface area contributed by atoms with Gasteiger partial charge in [-0.3, -0.25) is 4.79 Å². The number of thioether (sulfide) groups is 5. The molecule has 0 spiro atoms. The Bertz CT molecular complexity index is 1450. The summed E-state index contributed by atoms with van der Waals surface area (Å²) >= 11 is 23.6. The first-order valence-electron chi connectivity index (χ1n) is 16.8. The van der Waals surface area contributed by atoms with Gasteiger partial charge in [-0.1, -0.05) is 184 Å². The first-order valence-corrected chi connectivity index (χ1v) is 22.8. The number of rotatable bonds is 14. The maximum Gasteiger partial charge on any atom is 0.322 e.